The van der Waals surface area contributed by atoms with Gasteiger partial charge in [0.15, 0.2) is 0 Å². The Labute approximate surface area is 156 Å². The van der Waals surface area contributed by atoms with Gasteiger partial charge in [0.1, 0.15) is 5.75 Å². The molecule has 0 saturated heterocycles. The molecule has 0 spiro atoms. The topological polar surface area (TPSA) is 54.5 Å². The fraction of sp³-hybridized carbons (Fsp3) is 0.429. The van der Waals surface area contributed by atoms with Gasteiger partial charge in [-0.2, -0.15) is 0 Å². The number of rotatable bonds is 9. The van der Waals surface area contributed by atoms with E-state index in [1.807, 2.05) is 50.4 Å². The Morgan fingerprint density at radius 2 is 1.77 bits per heavy atom. The molecular weight excluding hydrogens is 326 g/mol. The van der Waals surface area contributed by atoms with Gasteiger partial charge in [-0.15, -0.1) is 0 Å². The first-order valence-electron chi connectivity index (χ1n) is 9.31. The molecule has 2 rings (SSSR count). The maximum Gasteiger partial charge on any atom is 0.257 e. The van der Waals surface area contributed by atoms with Crippen molar-refractivity contribution < 1.29 is 9.53 Å². The molecule has 0 fully saturated rings. The van der Waals surface area contributed by atoms with Crippen LogP contribution < -0.4 is 15.0 Å². The molecule has 140 valence electrons. The summed E-state index contributed by atoms with van der Waals surface area (Å²) in [4.78, 5) is 19.1. The summed E-state index contributed by atoms with van der Waals surface area (Å²) in [5.74, 6) is 0.626. The summed E-state index contributed by atoms with van der Waals surface area (Å²) >= 11 is 0. The van der Waals surface area contributed by atoms with Crippen LogP contribution in [0.15, 0.2) is 42.7 Å². The van der Waals surface area contributed by atoms with Crippen molar-refractivity contribution in [2.45, 2.75) is 46.6 Å². The number of amides is 1. The zero-order chi connectivity index (χ0) is 18.9. The Kier molecular flexibility index (Phi) is 7.45. The zero-order valence-electron chi connectivity index (χ0n) is 16.2. The van der Waals surface area contributed by atoms with Crippen molar-refractivity contribution in [2.75, 3.05) is 23.3 Å². The monoisotopic (exact) mass is 355 g/mol. The summed E-state index contributed by atoms with van der Waals surface area (Å²) in [5.41, 5.74) is 2.28. The van der Waals surface area contributed by atoms with E-state index in [0.29, 0.717) is 5.56 Å². The third-order valence-corrected chi connectivity index (χ3v) is 3.82. The summed E-state index contributed by atoms with van der Waals surface area (Å²) in [6.45, 7) is 10.2. The van der Waals surface area contributed by atoms with E-state index in [1.54, 1.807) is 6.20 Å². The first-order chi connectivity index (χ1) is 12.5. The molecular formula is C21H29N3O2. The zero-order valence-corrected chi connectivity index (χ0v) is 16.2. The lowest BCUT2D eigenvalue weighted by atomic mass is 10.2. The summed E-state index contributed by atoms with van der Waals surface area (Å²) in [6, 6.07) is 9.30. The Morgan fingerprint density at radius 3 is 2.35 bits per heavy atom. The molecule has 1 aromatic carbocycles. The second kappa shape index (κ2) is 9.80. The van der Waals surface area contributed by atoms with Gasteiger partial charge in [-0.05, 0) is 57.0 Å². The maximum absolute atomic E-state index is 12.6. The summed E-state index contributed by atoms with van der Waals surface area (Å²) < 4.78 is 5.62. The lowest BCUT2D eigenvalue weighted by Gasteiger charge is -2.23. The van der Waals surface area contributed by atoms with E-state index in [1.165, 1.54) is 0 Å². The van der Waals surface area contributed by atoms with Crippen LogP contribution in [0, 0.1) is 0 Å². The van der Waals surface area contributed by atoms with Crippen LogP contribution in [-0.2, 0) is 0 Å². The highest BCUT2D eigenvalue weighted by Crippen LogP contribution is 2.19. The average molecular weight is 355 g/mol. The van der Waals surface area contributed by atoms with Crippen molar-refractivity contribution in [3.05, 3.63) is 48.3 Å². The Bertz CT molecular complexity index is 693. The van der Waals surface area contributed by atoms with Crippen LogP contribution in [0.5, 0.6) is 5.75 Å². The lowest BCUT2D eigenvalue weighted by Crippen LogP contribution is -2.25. The van der Waals surface area contributed by atoms with Crippen LogP contribution in [-0.4, -0.2) is 30.1 Å². The summed E-state index contributed by atoms with van der Waals surface area (Å²) in [7, 11) is 0. The highest BCUT2D eigenvalue weighted by molar-refractivity contribution is 6.04. The maximum atomic E-state index is 12.6. The molecule has 0 aliphatic rings. The lowest BCUT2D eigenvalue weighted by molar-refractivity contribution is 0.102. The van der Waals surface area contributed by atoms with Gasteiger partial charge in [0.25, 0.3) is 5.91 Å². The summed E-state index contributed by atoms with van der Waals surface area (Å²) in [6.07, 6.45) is 5.66. The number of pyridine rings is 1. The SMILES string of the molecule is CCCN(CCC)c1cncc(C(=O)Nc2ccc(OC(C)C)cc2)c1. The molecule has 0 saturated carbocycles. The van der Waals surface area contributed by atoms with Crippen molar-refractivity contribution in [1.29, 1.82) is 0 Å². The fourth-order valence-electron chi connectivity index (χ4n) is 2.73. The third-order valence-electron chi connectivity index (χ3n) is 3.82. The Balaban J connectivity index is 2.08. The first kappa shape index (κ1) is 19.8. The molecule has 5 nitrogen and oxygen atoms in total. The van der Waals surface area contributed by atoms with E-state index < -0.39 is 0 Å². The van der Waals surface area contributed by atoms with Crippen molar-refractivity contribution in [3.8, 4) is 5.75 Å². The number of nitrogens with one attached hydrogen (secondary N) is 1. The van der Waals surface area contributed by atoms with Crippen LogP contribution >= 0.6 is 0 Å². The quantitative estimate of drug-likeness (QED) is 0.705. The number of ether oxygens (including phenoxy) is 1. The molecule has 26 heavy (non-hydrogen) atoms. The molecule has 0 unspecified atom stereocenters. The predicted molar refractivity (Wildman–Crippen MR) is 107 cm³/mol. The van der Waals surface area contributed by atoms with Gasteiger partial charge in [0, 0.05) is 25.0 Å². The van der Waals surface area contributed by atoms with Crippen LogP contribution in [0.4, 0.5) is 11.4 Å². The highest BCUT2D eigenvalue weighted by atomic mass is 16.5. The van der Waals surface area contributed by atoms with Crippen LogP contribution in [0.3, 0.4) is 0 Å². The minimum Gasteiger partial charge on any atom is -0.491 e. The second-order valence-corrected chi connectivity index (χ2v) is 6.56. The van der Waals surface area contributed by atoms with E-state index in [4.69, 9.17) is 4.74 Å². The number of anilines is 2. The van der Waals surface area contributed by atoms with Gasteiger partial charge in [-0.1, -0.05) is 13.8 Å². The standard InChI is InChI=1S/C21H29N3O2/c1-5-11-24(12-6-2)19-13-17(14-22-15-19)21(25)23-18-7-9-20(10-8-18)26-16(3)4/h7-10,13-16H,5-6,11-12H2,1-4H3,(H,23,25). The second-order valence-electron chi connectivity index (χ2n) is 6.56. The molecule has 0 aliphatic carbocycles. The normalized spacial score (nSPS) is 10.7. The van der Waals surface area contributed by atoms with E-state index in [9.17, 15) is 4.79 Å². The van der Waals surface area contributed by atoms with Crippen molar-refractivity contribution in [1.82, 2.24) is 4.98 Å². The van der Waals surface area contributed by atoms with Crippen molar-refractivity contribution in [3.63, 3.8) is 0 Å². The van der Waals surface area contributed by atoms with Crippen LogP contribution in [0.2, 0.25) is 0 Å². The molecule has 0 atom stereocenters. The minimum absolute atomic E-state index is 0.124. The molecule has 1 amide bonds. The summed E-state index contributed by atoms with van der Waals surface area (Å²) in [5, 5.41) is 2.92. The predicted octanol–water partition coefficient (Wildman–Crippen LogP) is 4.75. The number of benzene rings is 1. The van der Waals surface area contributed by atoms with Crippen molar-refractivity contribution in [2.24, 2.45) is 0 Å². The molecule has 0 radical (unpaired) electrons. The third kappa shape index (κ3) is 5.76. The number of hydrogen-bond donors (Lipinski definition) is 1. The molecule has 0 bridgehead atoms. The van der Waals surface area contributed by atoms with Crippen molar-refractivity contribution >= 4 is 17.3 Å². The van der Waals surface area contributed by atoms with Gasteiger partial charge in [0.05, 0.1) is 23.6 Å². The number of nitrogens with zero attached hydrogens (tertiary/aromatic N) is 2. The fourth-order valence-corrected chi connectivity index (χ4v) is 2.73. The number of carbonyl (C=O) groups excluding carboxylic acids is 1. The average Bonchev–Trinajstić information content (AvgIpc) is 2.63. The molecule has 0 aliphatic heterocycles. The minimum atomic E-state index is -0.162. The van der Waals surface area contributed by atoms with E-state index in [2.05, 4.69) is 29.0 Å². The molecule has 1 heterocycles. The van der Waals surface area contributed by atoms with E-state index >= 15 is 0 Å². The molecule has 5 heteroatoms. The first-order valence-corrected chi connectivity index (χ1v) is 9.31. The largest absolute Gasteiger partial charge is 0.491 e. The van der Waals surface area contributed by atoms with Gasteiger partial charge >= 0.3 is 0 Å². The smallest absolute Gasteiger partial charge is 0.257 e. The van der Waals surface area contributed by atoms with E-state index in [-0.39, 0.29) is 12.0 Å². The molecule has 1 aromatic heterocycles. The number of hydrogen-bond acceptors (Lipinski definition) is 4. The van der Waals surface area contributed by atoms with Gasteiger partial charge in [-0.3, -0.25) is 9.78 Å². The highest BCUT2D eigenvalue weighted by Gasteiger charge is 2.11. The Morgan fingerprint density at radius 1 is 1.12 bits per heavy atom. The number of aromatic nitrogens is 1. The van der Waals surface area contributed by atoms with Crippen LogP contribution in [0.1, 0.15) is 50.9 Å². The van der Waals surface area contributed by atoms with Crippen LogP contribution in [0.25, 0.3) is 0 Å². The van der Waals surface area contributed by atoms with Gasteiger partial charge < -0.3 is 15.0 Å². The molecule has 1 N–H and O–H groups in total. The Hall–Kier alpha value is -2.56. The van der Waals surface area contributed by atoms with Gasteiger partial charge in [-0.25, -0.2) is 0 Å². The van der Waals surface area contributed by atoms with Gasteiger partial charge in [0.2, 0.25) is 0 Å². The number of carbonyl (C=O) groups is 1. The van der Waals surface area contributed by atoms with E-state index in [0.717, 1.165) is 43.1 Å². The molecule has 2 aromatic rings.